The molecule has 0 aliphatic heterocycles. The van der Waals surface area contributed by atoms with Crippen LogP contribution in [-0.2, 0) is 12.0 Å². The zero-order valence-corrected chi connectivity index (χ0v) is 22.7. The molecule has 0 aliphatic rings. The zero-order valence-electron chi connectivity index (χ0n) is 22.0. The number of hydrogen-bond donors (Lipinski definition) is 2. The number of rotatable bonds is 10. The van der Waals surface area contributed by atoms with Gasteiger partial charge in [0.1, 0.15) is 5.82 Å². The molecular formula is C30H27ClF8N2. The molecule has 3 aromatic carbocycles. The molecule has 0 saturated carbocycles. The first-order valence-corrected chi connectivity index (χ1v) is 12.3. The highest BCUT2D eigenvalue weighted by molar-refractivity contribution is 6.30. The third-order valence-corrected chi connectivity index (χ3v) is 6.08. The molecule has 2 N–H and O–H groups in total. The van der Waals surface area contributed by atoms with E-state index in [0.717, 1.165) is 19.1 Å². The summed E-state index contributed by atoms with van der Waals surface area (Å²) < 4.78 is 105. The van der Waals surface area contributed by atoms with E-state index in [-0.39, 0.29) is 22.7 Å². The number of anilines is 1. The summed E-state index contributed by atoms with van der Waals surface area (Å²) in [6.07, 6.45) is -6.96. The summed E-state index contributed by atoms with van der Waals surface area (Å²) >= 11 is 6.24. The molecule has 11 heteroatoms. The van der Waals surface area contributed by atoms with Gasteiger partial charge in [-0.25, -0.2) is 23.0 Å². The standard InChI is InChI=1S/C29H24ClF7N2.CH3F/c1-18(13-22(14-19(2)31)29(35,36)37)28(17-20-7-4-3-5-8-20,21-9-6-10-23(30)15-21)39-38-24-11-12-26(32)25(16-24)27(33)34;1-2/h3-16,27,38-39H,1,17H2,2H3;1H3/b19-14+,22-13+;. The van der Waals surface area contributed by atoms with Gasteiger partial charge in [0.2, 0.25) is 0 Å². The van der Waals surface area contributed by atoms with Gasteiger partial charge in [0.15, 0.2) is 0 Å². The monoisotopic (exact) mass is 602 g/mol. The van der Waals surface area contributed by atoms with E-state index in [2.05, 4.69) is 17.4 Å². The van der Waals surface area contributed by atoms with Gasteiger partial charge in [-0.1, -0.05) is 60.6 Å². The Morgan fingerprint density at radius 1 is 0.951 bits per heavy atom. The maximum atomic E-state index is 13.9. The van der Waals surface area contributed by atoms with Crippen molar-refractivity contribution in [1.82, 2.24) is 5.43 Å². The topological polar surface area (TPSA) is 24.1 Å². The van der Waals surface area contributed by atoms with Crippen LogP contribution >= 0.6 is 11.6 Å². The van der Waals surface area contributed by atoms with Crippen molar-refractivity contribution >= 4 is 17.3 Å². The van der Waals surface area contributed by atoms with Crippen LogP contribution in [0, 0.1) is 5.82 Å². The maximum Gasteiger partial charge on any atom is 0.416 e. The molecule has 3 rings (SSSR count). The molecule has 41 heavy (non-hydrogen) atoms. The van der Waals surface area contributed by atoms with Gasteiger partial charge < -0.3 is 5.43 Å². The molecule has 2 nitrogen and oxygen atoms in total. The number of allylic oxidation sites excluding steroid dienone is 3. The van der Waals surface area contributed by atoms with E-state index >= 15 is 0 Å². The average Bonchev–Trinajstić information content (AvgIpc) is 2.92. The van der Waals surface area contributed by atoms with Crippen molar-refractivity contribution in [3.05, 3.63) is 136 Å². The molecule has 1 unspecified atom stereocenters. The van der Waals surface area contributed by atoms with Crippen molar-refractivity contribution in [2.45, 2.75) is 31.5 Å². The fourth-order valence-electron chi connectivity index (χ4n) is 3.95. The first kappa shape index (κ1) is 33.6. The lowest BCUT2D eigenvalue weighted by molar-refractivity contribution is -0.0884. The molecular weight excluding hydrogens is 576 g/mol. The van der Waals surface area contributed by atoms with Crippen molar-refractivity contribution in [2.24, 2.45) is 0 Å². The molecule has 0 bridgehead atoms. The van der Waals surface area contributed by atoms with Crippen LogP contribution in [0.4, 0.5) is 40.8 Å². The quantitative estimate of drug-likeness (QED) is 0.137. The smallest absolute Gasteiger partial charge is 0.320 e. The second kappa shape index (κ2) is 14.8. The van der Waals surface area contributed by atoms with E-state index < -0.39 is 40.9 Å². The molecule has 0 fully saturated rings. The van der Waals surface area contributed by atoms with Crippen molar-refractivity contribution in [3.8, 4) is 0 Å². The third kappa shape index (κ3) is 9.19. The summed E-state index contributed by atoms with van der Waals surface area (Å²) in [5, 5.41) is 0.265. The van der Waals surface area contributed by atoms with E-state index in [4.69, 9.17) is 11.6 Å². The normalized spacial score (nSPS) is 13.8. The predicted octanol–water partition coefficient (Wildman–Crippen LogP) is 9.98. The minimum atomic E-state index is -4.92. The summed E-state index contributed by atoms with van der Waals surface area (Å²) in [6.45, 7) is 4.79. The molecule has 0 radical (unpaired) electrons. The lowest BCUT2D eigenvalue weighted by atomic mass is 9.78. The first-order chi connectivity index (χ1) is 19.3. The highest BCUT2D eigenvalue weighted by atomic mass is 35.5. The van der Waals surface area contributed by atoms with Crippen LogP contribution < -0.4 is 10.9 Å². The number of benzene rings is 3. The van der Waals surface area contributed by atoms with Gasteiger partial charge in [-0.3, -0.25) is 4.39 Å². The van der Waals surface area contributed by atoms with Crippen molar-refractivity contribution < 1.29 is 35.1 Å². The Morgan fingerprint density at radius 2 is 1.61 bits per heavy atom. The van der Waals surface area contributed by atoms with Gasteiger partial charge in [-0.15, -0.1) is 0 Å². The SMILES string of the molecule is C=C(/C=C(\C=C(/C)F)C(F)(F)F)C(Cc1ccccc1)(NNc1ccc(F)c(C(F)F)c1)c1cccc(Cl)c1.CF. The lowest BCUT2D eigenvalue weighted by Gasteiger charge is -2.38. The molecule has 3 aromatic rings. The van der Waals surface area contributed by atoms with Crippen LogP contribution in [0.2, 0.25) is 5.02 Å². The van der Waals surface area contributed by atoms with Crippen LogP contribution in [0.25, 0.3) is 0 Å². The molecule has 0 aliphatic carbocycles. The van der Waals surface area contributed by atoms with Crippen LogP contribution in [0.1, 0.15) is 30.0 Å². The van der Waals surface area contributed by atoms with Crippen molar-refractivity contribution in [1.29, 1.82) is 0 Å². The largest absolute Gasteiger partial charge is 0.416 e. The van der Waals surface area contributed by atoms with Crippen LogP contribution in [0.3, 0.4) is 0 Å². The van der Waals surface area contributed by atoms with E-state index in [1.54, 1.807) is 48.5 Å². The highest BCUT2D eigenvalue weighted by Crippen LogP contribution is 2.38. The molecule has 0 heterocycles. The minimum Gasteiger partial charge on any atom is -0.320 e. The van der Waals surface area contributed by atoms with E-state index in [1.165, 1.54) is 12.1 Å². The number of alkyl halides is 6. The van der Waals surface area contributed by atoms with Gasteiger partial charge in [-0.05, 0) is 66.1 Å². The third-order valence-electron chi connectivity index (χ3n) is 5.84. The Balaban J connectivity index is 0.00000287. The zero-order chi connectivity index (χ0) is 30.8. The Bertz CT molecular complexity index is 1370. The fraction of sp³-hybridized carbons (Fsp3) is 0.200. The van der Waals surface area contributed by atoms with Crippen molar-refractivity contribution in [2.75, 3.05) is 12.6 Å². The Morgan fingerprint density at radius 3 is 2.17 bits per heavy atom. The summed E-state index contributed by atoms with van der Waals surface area (Å²) in [6, 6.07) is 17.9. The number of hydrogen-bond acceptors (Lipinski definition) is 2. The van der Waals surface area contributed by atoms with Crippen LogP contribution in [0.5, 0.6) is 0 Å². The van der Waals surface area contributed by atoms with Crippen molar-refractivity contribution in [3.63, 3.8) is 0 Å². The molecule has 1 atom stereocenters. The second-order valence-corrected chi connectivity index (χ2v) is 9.16. The molecule has 0 amide bonds. The van der Waals surface area contributed by atoms with Crippen LogP contribution in [-0.4, -0.2) is 13.4 Å². The van der Waals surface area contributed by atoms with Gasteiger partial charge in [0, 0.05) is 17.1 Å². The molecule has 0 aromatic heterocycles. The summed E-state index contributed by atoms with van der Waals surface area (Å²) in [4.78, 5) is 0. The Labute approximate surface area is 238 Å². The number of halogens is 9. The van der Waals surface area contributed by atoms with Gasteiger partial charge in [-0.2, -0.15) is 13.2 Å². The number of nitrogens with one attached hydrogen (secondary N) is 2. The fourth-order valence-corrected chi connectivity index (χ4v) is 4.14. The van der Waals surface area contributed by atoms with Crippen LogP contribution in [0.15, 0.2) is 109 Å². The van der Waals surface area contributed by atoms with Gasteiger partial charge in [0.25, 0.3) is 6.43 Å². The Kier molecular flexibility index (Phi) is 12.2. The maximum absolute atomic E-state index is 13.9. The second-order valence-electron chi connectivity index (χ2n) is 8.72. The minimum absolute atomic E-state index is 0.00285. The van der Waals surface area contributed by atoms with E-state index in [1.807, 2.05) is 0 Å². The van der Waals surface area contributed by atoms with E-state index in [9.17, 15) is 35.1 Å². The highest BCUT2D eigenvalue weighted by Gasteiger charge is 2.38. The summed E-state index contributed by atoms with van der Waals surface area (Å²) in [5.74, 6) is -2.18. The predicted molar refractivity (Wildman–Crippen MR) is 147 cm³/mol. The number of hydrazine groups is 1. The average molecular weight is 603 g/mol. The van der Waals surface area contributed by atoms with E-state index in [0.29, 0.717) is 30.5 Å². The summed E-state index contributed by atoms with van der Waals surface area (Å²) in [7, 11) is 0.500. The molecule has 0 spiro atoms. The van der Waals surface area contributed by atoms with Gasteiger partial charge >= 0.3 is 6.18 Å². The molecule has 220 valence electrons. The molecule has 0 saturated heterocycles. The first-order valence-electron chi connectivity index (χ1n) is 11.9. The summed E-state index contributed by atoms with van der Waals surface area (Å²) in [5.41, 5.74) is 2.82. The van der Waals surface area contributed by atoms with Gasteiger partial charge in [0.05, 0.1) is 29.7 Å². The Hall–Kier alpha value is -3.63. The lowest BCUT2D eigenvalue weighted by Crippen LogP contribution is -2.48.